The summed E-state index contributed by atoms with van der Waals surface area (Å²) >= 11 is 0.897. The van der Waals surface area contributed by atoms with Crippen molar-refractivity contribution < 1.29 is 19.1 Å². The predicted molar refractivity (Wildman–Crippen MR) is 91.7 cm³/mol. The monoisotopic (exact) mass is 335 g/mol. The molecule has 124 valence electrons. The van der Waals surface area contributed by atoms with E-state index in [1.54, 1.807) is 19.3 Å². The first-order valence-electron chi connectivity index (χ1n) is 7.69. The van der Waals surface area contributed by atoms with E-state index < -0.39 is 0 Å². The van der Waals surface area contributed by atoms with Crippen molar-refractivity contribution in [2.75, 3.05) is 13.7 Å². The first-order valence-corrected chi connectivity index (χ1v) is 8.51. The predicted octanol–water partition coefficient (Wildman–Crippen LogP) is 3.98. The molecule has 1 aromatic rings. The molecular weight excluding hydrogens is 314 g/mol. The Bertz CT molecular complexity index is 613. The molecule has 23 heavy (non-hydrogen) atoms. The Hall–Kier alpha value is -1.95. The van der Waals surface area contributed by atoms with Crippen molar-refractivity contribution in [3.63, 3.8) is 0 Å². The largest absolute Gasteiger partial charge is 0.493 e. The third-order valence-electron chi connectivity index (χ3n) is 3.38. The molecule has 6 heteroatoms. The topological polar surface area (TPSA) is 64.6 Å². The van der Waals surface area contributed by atoms with Crippen LogP contribution in [0.1, 0.15) is 38.2 Å². The van der Waals surface area contributed by atoms with Crippen LogP contribution in [0, 0.1) is 0 Å². The van der Waals surface area contributed by atoms with Crippen LogP contribution in [-0.2, 0) is 4.79 Å². The molecule has 1 aliphatic heterocycles. The summed E-state index contributed by atoms with van der Waals surface area (Å²) in [4.78, 5) is 23.1. The van der Waals surface area contributed by atoms with E-state index in [1.807, 2.05) is 12.1 Å². The lowest BCUT2D eigenvalue weighted by Crippen LogP contribution is -2.17. The first kappa shape index (κ1) is 17.4. The molecule has 0 radical (unpaired) electrons. The van der Waals surface area contributed by atoms with E-state index in [1.165, 1.54) is 12.8 Å². The van der Waals surface area contributed by atoms with Crippen LogP contribution in [0.15, 0.2) is 23.1 Å². The highest BCUT2D eigenvalue weighted by atomic mass is 32.2. The van der Waals surface area contributed by atoms with Crippen molar-refractivity contribution in [3.8, 4) is 11.5 Å². The van der Waals surface area contributed by atoms with Crippen LogP contribution in [0.4, 0.5) is 4.79 Å². The molecule has 1 heterocycles. The fraction of sp³-hybridized carbons (Fsp3) is 0.412. The van der Waals surface area contributed by atoms with Crippen LogP contribution in [0.5, 0.6) is 11.5 Å². The number of rotatable bonds is 8. The number of methoxy groups -OCH3 is 1. The summed E-state index contributed by atoms with van der Waals surface area (Å²) in [6.45, 7) is 2.83. The van der Waals surface area contributed by atoms with Crippen LogP contribution in [0.25, 0.3) is 6.08 Å². The van der Waals surface area contributed by atoms with E-state index in [4.69, 9.17) is 9.47 Å². The van der Waals surface area contributed by atoms with E-state index in [0.717, 1.165) is 30.2 Å². The van der Waals surface area contributed by atoms with Crippen LogP contribution < -0.4 is 14.8 Å². The number of carbonyl (C=O) groups excluding carboxylic acids is 2. The number of hydrogen-bond acceptors (Lipinski definition) is 5. The van der Waals surface area contributed by atoms with Gasteiger partial charge in [-0.25, -0.2) is 0 Å². The molecule has 2 amide bonds. The lowest BCUT2D eigenvalue weighted by atomic mass is 10.2. The zero-order chi connectivity index (χ0) is 16.7. The highest BCUT2D eigenvalue weighted by Crippen LogP contribution is 2.31. The fourth-order valence-electron chi connectivity index (χ4n) is 2.18. The molecule has 0 aliphatic carbocycles. The second kappa shape index (κ2) is 8.62. The van der Waals surface area contributed by atoms with Gasteiger partial charge in [-0.05, 0) is 42.0 Å². The van der Waals surface area contributed by atoms with E-state index in [9.17, 15) is 9.59 Å². The highest BCUT2D eigenvalue weighted by Gasteiger charge is 2.25. The summed E-state index contributed by atoms with van der Waals surface area (Å²) < 4.78 is 11.1. The molecule has 0 unspecified atom stereocenters. The third kappa shape index (κ3) is 5.03. The minimum absolute atomic E-state index is 0.347. The Kier molecular flexibility index (Phi) is 6.52. The van der Waals surface area contributed by atoms with E-state index in [2.05, 4.69) is 12.2 Å². The lowest BCUT2D eigenvalue weighted by Gasteiger charge is -2.11. The van der Waals surface area contributed by atoms with Gasteiger partial charge in [0.1, 0.15) is 0 Å². The van der Waals surface area contributed by atoms with Gasteiger partial charge in [-0.2, -0.15) is 0 Å². The molecule has 0 bridgehead atoms. The van der Waals surface area contributed by atoms with Gasteiger partial charge in [-0.1, -0.05) is 32.3 Å². The van der Waals surface area contributed by atoms with Crippen LogP contribution in [-0.4, -0.2) is 24.9 Å². The molecule has 5 nitrogen and oxygen atoms in total. The molecule has 0 aromatic heterocycles. The molecule has 1 fully saturated rings. The smallest absolute Gasteiger partial charge is 0.290 e. The Labute approximate surface area is 140 Å². The standard InChI is InChI=1S/C17H21NO4S/c1-3-4-5-6-9-22-13-8-7-12(10-14(13)21-2)11-15-16(19)18-17(20)23-15/h7-8,10-11H,3-6,9H2,1-2H3,(H,18,19,20). The Morgan fingerprint density at radius 2 is 2.00 bits per heavy atom. The molecular formula is C17H21NO4S. The maximum absolute atomic E-state index is 11.6. The molecule has 0 saturated carbocycles. The normalized spacial score (nSPS) is 15.8. The fourth-order valence-corrected chi connectivity index (χ4v) is 2.86. The van der Waals surface area contributed by atoms with Gasteiger partial charge < -0.3 is 9.47 Å². The van der Waals surface area contributed by atoms with Gasteiger partial charge in [-0.3, -0.25) is 14.9 Å². The summed E-state index contributed by atoms with van der Waals surface area (Å²) in [6, 6.07) is 5.46. The van der Waals surface area contributed by atoms with Crippen molar-refractivity contribution in [1.82, 2.24) is 5.32 Å². The van der Waals surface area contributed by atoms with Crippen molar-refractivity contribution in [2.45, 2.75) is 32.6 Å². The van der Waals surface area contributed by atoms with Crippen molar-refractivity contribution in [3.05, 3.63) is 28.7 Å². The van der Waals surface area contributed by atoms with E-state index >= 15 is 0 Å². The summed E-state index contributed by atoms with van der Waals surface area (Å²) in [6.07, 6.45) is 6.25. The molecule has 2 rings (SSSR count). The maximum atomic E-state index is 11.6. The maximum Gasteiger partial charge on any atom is 0.290 e. The molecule has 1 aromatic carbocycles. The van der Waals surface area contributed by atoms with Gasteiger partial charge in [0.05, 0.1) is 18.6 Å². The third-order valence-corrected chi connectivity index (χ3v) is 4.19. The Morgan fingerprint density at radius 3 is 2.65 bits per heavy atom. The number of thioether (sulfide) groups is 1. The second-order valence-electron chi connectivity index (χ2n) is 5.17. The number of imide groups is 1. The zero-order valence-corrected chi connectivity index (χ0v) is 14.2. The van der Waals surface area contributed by atoms with Gasteiger partial charge >= 0.3 is 0 Å². The molecule has 1 N–H and O–H groups in total. The number of unbranched alkanes of at least 4 members (excludes halogenated alkanes) is 3. The van der Waals surface area contributed by atoms with Gasteiger partial charge in [0.2, 0.25) is 0 Å². The van der Waals surface area contributed by atoms with E-state index in [-0.39, 0.29) is 11.1 Å². The summed E-state index contributed by atoms with van der Waals surface area (Å²) in [5, 5.41) is 1.89. The average molecular weight is 335 g/mol. The van der Waals surface area contributed by atoms with E-state index in [0.29, 0.717) is 23.0 Å². The number of hydrogen-bond donors (Lipinski definition) is 1. The molecule has 1 aliphatic rings. The quantitative estimate of drug-likeness (QED) is 0.575. The average Bonchev–Trinajstić information content (AvgIpc) is 2.85. The van der Waals surface area contributed by atoms with Crippen molar-refractivity contribution in [2.24, 2.45) is 0 Å². The zero-order valence-electron chi connectivity index (χ0n) is 13.4. The minimum Gasteiger partial charge on any atom is -0.493 e. The highest BCUT2D eigenvalue weighted by molar-refractivity contribution is 8.18. The van der Waals surface area contributed by atoms with Crippen molar-refractivity contribution in [1.29, 1.82) is 0 Å². The molecule has 0 spiro atoms. The number of nitrogens with one attached hydrogen (secondary N) is 1. The number of ether oxygens (including phenoxy) is 2. The number of benzene rings is 1. The molecule has 0 atom stereocenters. The summed E-state index contributed by atoms with van der Waals surface area (Å²) in [5.41, 5.74) is 0.785. The SMILES string of the molecule is CCCCCCOc1ccc(C=C2SC(=O)NC2=O)cc1OC. The van der Waals surface area contributed by atoms with Gasteiger partial charge in [0, 0.05) is 0 Å². The van der Waals surface area contributed by atoms with Gasteiger partial charge in [-0.15, -0.1) is 0 Å². The Morgan fingerprint density at radius 1 is 1.17 bits per heavy atom. The first-order chi connectivity index (χ1) is 11.1. The number of amides is 2. The molecule has 1 saturated heterocycles. The Balaban J connectivity index is 2.03. The van der Waals surface area contributed by atoms with Gasteiger partial charge in [0.25, 0.3) is 11.1 Å². The lowest BCUT2D eigenvalue weighted by molar-refractivity contribution is -0.115. The summed E-state index contributed by atoms with van der Waals surface area (Å²) in [7, 11) is 1.58. The summed E-state index contributed by atoms with van der Waals surface area (Å²) in [5.74, 6) is 0.936. The van der Waals surface area contributed by atoms with Crippen LogP contribution >= 0.6 is 11.8 Å². The second-order valence-corrected chi connectivity index (χ2v) is 6.19. The van der Waals surface area contributed by atoms with Crippen LogP contribution in [0.2, 0.25) is 0 Å². The van der Waals surface area contributed by atoms with Crippen LogP contribution in [0.3, 0.4) is 0 Å². The van der Waals surface area contributed by atoms with Gasteiger partial charge in [0.15, 0.2) is 11.5 Å². The van der Waals surface area contributed by atoms with Crippen molar-refractivity contribution >= 4 is 29.0 Å². The number of carbonyl (C=O) groups is 2. The minimum atomic E-state index is -0.366.